The first kappa shape index (κ1) is 12.6. The molecule has 0 aromatic heterocycles. The molecule has 0 atom stereocenters. The number of carbonyl (C=O) groups excluding carboxylic acids is 1. The summed E-state index contributed by atoms with van der Waals surface area (Å²) in [6, 6.07) is 0. The summed E-state index contributed by atoms with van der Waals surface area (Å²) < 4.78 is 0. The fourth-order valence-corrected chi connectivity index (χ4v) is 0.857. The summed E-state index contributed by atoms with van der Waals surface area (Å²) >= 11 is 0. The maximum absolute atomic E-state index is 11.4. The SMILES string of the molecule is C#CCON(CC#C)C(=O)CCCC. The van der Waals surface area contributed by atoms with E-state index >= 15 is 0 Å². The first-order chi connectivity index (χ1) is 6.76. The Balaban J connectivity index is 4.00. The van der Waals surface area contributed by atoms with Gasteiger partial charge >= 0.3 is 0 Å². The van der Waals surface area contributed by atoms with Crippen molar-refractivity contribution in [3.8, 4) is 24.7 Å². The maximum Gasteiger partial charge on any atom is 0.247 e. The molecule has 0 heterocycles. The second kappa shape index (κ2) is 8.16. The quantitative estimate of drug-likeness (QED) is 0.468. The fraction of sp³-hybridized carbons (Fsp3) is 0.545. The lowest BCUT2D eigenvalue weighted by Gasteiger charge is -2.17. The average molecular weight is 193 g/mol. The van der Waals surface area contributed by atoms with Crippen LogP contribution in [0.15, 0.2) is 0 Å². The number of unbranched alkanes of at least 4 members (excludes halogenated alkanes) is 1. The predicted octanol–water partition coefficient (Wildman–Crippen LogP) is 1.20. The lowest BCUT2D eigenvalue weighted by Crippen LogP contribution is -2.31. The van der Waals surface area contributed by atoms with Crippen molar-refractivity contribution in [1.82, 2.24) is 5.06 Å². The van der Waals surface area contributed by atoms with Gasteiger partial charge in [0.1, 0.15) is 13.2 Å². The van der Waals surface area contributed by atoms with Gasteiger partial charge < -0.3 is 0 Å². The van der Waals surface area contributed by atoms with Gasteiger partial charge in [-0.1, -0.05) is 25.2 Å². The highest BCUT2D eigenvalue weighted by Crippen LogP contribution is 2.00. The molecule has 76 valence electrons. The van der Waals surface area contributed by atoms with E-state index in [0.717, 1.165) is 17.9 Å². The normalized spacial score (nSPS) is 8.79. The van der Waals surface area contributed by atoms with Gasteiger partial charge in [0, 0.05) is 6.42 Å². The molecular weight excluding hydrogens is 178 g/mol. The van der Waals surface area contributed by atoms with E-state index in [0.29, 0.717) is 6.42 Å². The topological polar surface area (TPSA) is 29.5 Å². The van der Waals surface area contributed by atoms with Gasteiger partial charge in [0.15, 0.2) is 0 Å². The molecule has 0 aromatic carbocycles. The fourth-order valence-electron chi connectivity index (χ4n) is 0.857. The van der Waals surface area contributed by atoms with Gasteiger partial charge in [-0.2, -0.15) is 0 Å². The number of carbonyl (C=O) groups is 1. The minimum Gasteiger partial charge on any atom is -0.273 e. The van der Waals surface area contributed by atoms with Gasteiger partial charge in [-0.25, -0.2) is 5.06 Å². The largest absolute Gasteiger partial charge is 0.273 e. The highest BCUT2D eigenvalue weighted by atomic mass is 16.7. The zero-order valence-corrected chi connectivity index (χ0v) is 8.45. The number of hydroxylamine groups is 2. The molecule has 0 aliphatic rings. The van der Waals surface area contributed by atoms with E-state index in [1.165, 1.54) is 0 Å². The van der Waals surface area contributed by atoms with Crippen molar-refractivity contribution in [2.75, 3.05) is 13.2 Å². The second-order valence-corrected chi connectivity index (χ2v) is 2.72. The molecule has 0 saturated heterocycles. The van der Waals surface area contributed by atoms with E-state index in [2.05, 4.69) is 11.8 Å². The van der Waals surface area contributed by atoms with Crippen LogP contribution in [0.4, 0.5) is 0 Å². The maximum atomic E-state index is 11.4. The molecule has 0 unspecified atom stereocenters. The molecule has 0 aliphatic heterocycles. The molecule has 0 rings (SSSR count). The predicted molar refractivity (Wildman–Crippen MR) is 54.9 cm³/mol. The van der Waals surface area contributed by atoms with Crippen LogP contribution in [0.25, 0.3) is 0 Å². The lowest BCUT2D eigenvalue weighted by atomic mass is 10.2. The van der Waals surface area contributed by atoms with Crippen molar-refractivity contribution in [3.05, 3.63) is 0 Å². The van der Waals surface area contributed by atoms with E-state index < -0.39 is 0 Å². The van der Waals surface area contributed by atoms with Gasteiger partial charge in [0.25, 0.3) is 0 Å². The first-order valence-electron chi connectivity index (χ1n) is 4.56. The van der Waals surface area contributed by atoms with Crippen LogP contribution in [0.3, 0.4) is 0 Å². The van der Waals surface area contributed by atoms with Gasteiger partial charge in [0.05, 0.1) is 0 Å². The summed E-state index contributed by atoms with van der Waals surface area (Å²) in [6.45, 7) is 2.23. The number of terminal acetylenes is 2. The molecule has 3 nitrogen and oxygen atoms in total. The van der Waals surface area contributed by atoms with Crippen LogP contribution in [-0.2, 0) is 9.63 Å². The molecule has 0 N–H and O–H groups in total. The zero-order valence-electron chi connectivity index (χ0n) is 8.45. The third kappa shape index (κ3) is 5.24. The molecule has 3 heteroatoms. The minimum absolute atomic E-state index is 0.0690. The van der Waals surface area contributed by atoms with E-state index in [4.69, 9.17) is 17.7 Å². The van der Waals surface area contributed by atoms with E-state index in [-0.39, 0.29) is 19.1 Å². The Kier molecular flexibility index (Phi) is 7.32. The Labute approximate surface area is 85.4 Å². The Morgan fingerprint density at radius 1 is 1.43 bits per heavy atom. The molecule has 0 saturated carbocycles. The smallest absolute Gasteiger partial charge is 0.247 e. The monoisotopic (exact) mass is 193 g/mol. The molecule has 0 bridgehead atoms. The van der Waals surface area contributed by atoms with Crippen LogP contribution >= 0.6 is 0 Å². The van der Waals surface area contributed by atoms with Gasteiger partial charge in [-0.05, 0) is 6.42 Å². The average Bonchev–Trinajstić information content (AvgIpc) is 2.20. The standard InChI is InChI=1S/C11H15NO2/c1-4-7-8-11(13)12(9-5-2)14-10-6-3/h2-3H,4,7-10H2,1H3. The lowest BCUT2D eigenvalue weighted by molar-refractivity contribution is -0.177. The number of amides is 1. The number of rotatable bonds is 6. The molecule has 0 aliphatic carbocycles. The minimum atomic E-state index is -0.111. The van der Waals surface area contributed by atoms with E-state index in [9.17, 15) is 4.79 Å². The van der Waals surface area contributed by atoms with Crippen molar-refractivity contribution in [2.24, 2.45) is 0 Å². The second-order valence-electron chi connectivity index (χ2n) is 2.72. The highest BCUT2D eigenvalue weighted by Gasteiger charge is 2.11. The van der Waals surface area contributed by atoms with Crippen molar-refractivity contribution < 1.29 is 9.63 Å². The summed E-state index contributed by atoms with van der Waals surface area (Å²) in [6.07, 6.45) is 12.3. The van der Waals surface area contributed by atoms with E-state index in [1.54, 1.807) is 0 Å². The van der Waals surface area contributed by atoms with Gasteiger partial charge in [0.2, 0.25) is 5.91 Å². The Bertz CT molecular complexity index is 247. The van der Waals surface area contributed by atoms with Crippen molar-refractivity contribution in [1.29, 1.82) is 0 Å². The third-order valence-corrected chi connectivity index (χ3v) is 1.56. The summed E-state index contributed by atoms with van der Waals surface area (Å²) in [4.78, 5) is 16.4. The van der Waals surface area contributed by atoms with Gasteiger partial charge in [-0.15, -0.1) is 12.8 Å². The van der Waals surface area contributed by atoms with Crippen LogP contribution in [0, 0.1) is 24.7 Å². The molecule has 0 radical (unpaired) electrons. The summed E-state index contributed by atoms with van der Waals surface area (Å²) in [5, 5.41) is 1.15. The molecule has 14 heavy (non-hydrogen) atoms. The Hall–Kier alpha value is -1.45. The van der Waals surface area contributed by atoms with Crippen LogP contribution < -0.4 is 0 Å². The molecular formula is C11H15NO2. The van der Waals surface area contributed by atoms with Crippen LogP contribution in [-0.4, -0.2) is 24.1 Å². The first-order valence-corrected chi connectivity index (χ1v) is 4.56. The van der Waals surface area contributed by atoms with Crippen LogP contribution in [0.2, 0.25) is 0 Å². The molecule has 0 fully saturated rings. The molecule has 0 aromatic rings. The van der Waals surface area contributed by atoms with Crippen molar-refractivity contribution in [2.45, 2.75) is 26.2 Å². The van der Waals surface area contributed by atoms with Gasteiger partial charge in [-0.3, -0.25) is 9.63 Å². The highest BCUT2D eigenvalue weighted by molar-refractivity contribution is 5.75. The Morgan fingerprint density at radius 2 is 2.14 bits per heavy atom. The van der Waals surface area contributed by atoms with E-state index in [1.807, 2.05) is 6.92 Å². The summed E-state index contributed by atoms with van der Waals surface area (Å²) in [5.74, 6) is 4.52. The summed E-state index contributed by atoms with van der Waals surface area (Å²) in [5.41, 5.74) is 0. The Morgan fingerprint density at radius 3 is 2.64 bits per heavy atom. The molecule has 1 amide bonds. The van der Waals surface area contributed by atoms with Crippen LogP contribution in [0.5, 0.6) is 0 Å². The van der Waals surface area contributed by atoms with Crippen molar-refractivity contribution >= 4 is 5.91 Å². The number of hydrogen-bond donors (Lipinski definition) is 0. The molecule has 0 spiro atoms. The summed E-state index contributed by atoms with van der Waals surface area (Å²) in [7, 11) is 0. The zero-order chi connectivity index (χ0) is 10.8. The third-order valence-electron chi connectivity index (χ3n) is 1.56. The van der Waals surface area contributed by atoms with Crippen LogP contribution in [0.1, 0.15) is 26.2 Å². The number of nitrogens with zero attached hydrogens (tertiary/aromatic N) is 1. The van der Waals surface area contributed by atoms with Crippen molar-refractivity contribution in [3.63, 3.8) is 0 Å². The number of hydrogen-bond acceptors (Lipinski definition) is 2.